The highest BCUT2D eigenvalue weighted by Crippen LogP contribution is 2.32. The number of ether oxygens (including phenoxy) is 1. The van der Waals surface area contributed by atoms with E-state index in [9.17, 15) is 5.11 Å². The molecule has 0 radical (unpaired) electrons. The van der Waals surface area contributed by atoms with Crippen LogP contribution >= 0.6 is 11.3 Å². The van der Waals surface area contributed by atoms with Gasteiger partial charge in [-0.25, -0.2) is 4.98 Å². The first-order valence-corrected chi connectivity index (χ1v) is 10.4. The van der Waals surface area contributed by atoms with Gasteiger partial charge < -0.3 is 19.6 Å². The summed E-state index contributed by atoms with van der Waals surface area (Å²) >= 11 is 1.72. The van der Waals surface area contributed by atoms with Gasteiger partial charge in [0.2, 0.25) is 5.95 Å². The fourth-order valence-corrected chi connectivity index (χ4v) is 4.45. The van der Waals surface area contributed by atoms with Crippen molar-refractivity contribution in [2.75, 3.05) is 45.3 Å². The molecule has 0 atom stereocenters. The van der Waals surface area contributed by atoms with E-state index >= 15 is 0 Å². The second-order valence-corrected chi connectivity index (χ2v) is 8.52. The monoisotopic (exact) mass is 411 g/mol. The van der Waals surface area contributed by atoms with Crippen LogP contribution in [0.3, 0.4) is 0 Å². The minimum Gasteiger partial charge on any atom is -0.508 e. The van der Waals surface area contributed by atoms with Crippen LogP contribution in [0.5, 0.6) is 5.75 Å². The van der Waals surface area contributed by atoms with Gasteiger partial charge in [0.1, 0.15) is 5.75 Å². The SMILES string of the molecule is Cc1cc(-c2nc(-c3cccc(O)c3)nc(N3CCOCC3)n2)sc1CN(C)C. The molecule has 3 aromatic rings. The molecule has 0 aliphatic carbocycles. The highest BCUT2D eigenvalue weighted by molar-refractivity contribution is 7.15. The summed E-state index contributed by atoms with van der Waals surface area (Å²) in [5.74, 6) is 2.07. The molecule has 0 amide bonds. The van der Waals surface area contributed by atoms with Gasteiger partial charge in [-0.15, -0.1) is 11.3 Å². The summed E-state index contributed by atoms with van der Waals surface area (Å²) < 4.78 is 5.47. The van der Waals surface area contributed by atoms with Crippen LogP contribution in [0.1, 0.15) is 10.4 Å². The molecule has 1 aromatic carbocycles. The van der Waals surface area contributed by atoms with E-state index in [0.29, 0.717) is 30.8 Å². The van der Waals surface area contributed by atoms with Gasteiger partial charge in [0.15, 0.2) is 11.6 Å². The number of aromatic hydroxyl groups is 1. The number of aryl methyl sites for hydroxylation is 1. The lowest BCUT2D eigenvalue weighted by molar-refractivity contribution is 0.122. The number of hydrogen-bond acceptors (Lipinski definition) is 8. The maximum absolute atomic E-state index is 9.90. The molecule has 0 unspecified atom stereocenters. The van der Waals surface area contributed by atoms with Crippen LogP contribution in [0.15, 0.2) is 30.3 Å². The summed E-state index contributed by atoms with van der Waals surface area (Å²) in [5.41, 5.74) is 2.01. The van der Waals surface area contributed by atoms with Crippen LogP contribution < -0.4 is 4.90 Å². The van der Waals surface area contributed by atoms with E-state index in [1.54, 1.807) is 29.5 Å². The molecule has 3 heterocycles. The molecule has 1 saturated heterocycles. The molecule has 0 spiro atoms. The van der Waals surface area contributed by atoms with Crippen molar-refractivity contribution in [3.8, 4) is 27.8 Å². The number of nitrogens with zero attached hydrogens (tertiary/aromatic N) is 5. The summed E-state index contributed by atoms with van der Waals surface area (Å²) in [7, 11) is 4.14. The van der Waals surface area contributed by atoms with E-state index in [4.69, 9.17) is 19.7 Å². The Morgan fingerprint density at radius 1 is 1.10 bits per heavy atom. The molecule has 29 heavy (non-hydrogen) atoms. The molecule has 1 aliphatic rings. The van der Waals surface area contributed by atoms with E-state index in [1.807, 2.05) is 6.07 Å². The second-order valence-electron chi connectivity index (χ2n) is 7.39. The Labute approximate surface area is 174 Å². The van der Waals surface area contributed by atoms with Gasteiger partial charge in [0.05, 0.1) is 18.1 Å². The zero-order valence-corrected chi connectivity index (χ0v) is 17.7. The molecular formula is C21H25N5O2S. The molecule has 1 fully saturated rings. The van der Waals surface area contributed by atoms with E-state index in [1.165, 1.54) is 10.4 Å². The third-order valence-corrected chi connectivity index (χ3v) is 5.94. The number of rotatable bonds is 5. The fourth-order valence-electron chi connectivity index (χ4n) is 3.23. The Morgan fingerprint density at radius 2 is 1.86 bits per heavy atom. The van der Waals surface area contributed by atoms with Crippen molar-refractivity contribution in [2.45, 2.75) is 13.5 Å². The van der Waals surface area contributed by atoms with Crippen molar-refractivity contribution in [1.82, 2.24) is 19.9 Å². The summed E-state index contributed by atoms with van der Waals surface area (Å²) in [5, 5.41) is 9.90. The highest BCUT2D eigenvalue weighted by atomic mass is 32.1. The minimum absolute atomic E-state index is 0.192. The van der Waals surface area contributed by atoms with Gasteiger partial charge >= 0.3 is 0 Å². The summed E-state index contributed by atoms with van der Waals surface area (Å²) in [4.78, 5) is 20.9. The summed E-state index contributed by atoms with van der Waals surface area (Å²) in [6.07, 6.45) is 0. The molecule has 1 aliphatic heterocycles. The zero-order valence-electron chi connectivity index (χ0n) is 16.9. The van der Waals surface area contributed by atoms with Crippen molar-refractivity contribution < 1.29 is 9.84 Å². The molecule has 7 nitrogen and oxygen atoms in total. The van der Waals surface area contributed by atoms with Crippen molar-refractivity contribution in [1.29, 1.82) is 0 Å². The van der Waals surface area contributed by atoms with Gasteiger partial charge in [-0.2, -0.15) is 9.97 Å². The largest absolute Gasteiger partial charge is 0.508 e. The van der Waals surface area contributed by atoms with Crippen LogP contribution in [0.25, 0.3) is 22.1 Å². The summed E-state index contributed by atoms with van der Waals surface area (Å²) in [6, 6.07) is 9.17. The van der Waals surface area contributed by atoms with Crippen LogP contribution in [0.2, 0.25) is 0 Å². The Balaban J connectivity index is 1.79. The van der Waals surface area contributed by atoms with Crippen molar-refractivity contribution in [3.63, 3.8) is 0 Å². The van der Waals surface area contributed by atoms with Crippen LogP contribution in [0, 0.1) is 6.92 Å². The molecule has 0 bridgehead atoms. The van der Waals surface area contributed by atoms with Crippen LogP contribution in [-0.2, 0) is 11.3 Å². The maximum Gasteiger partial charge on any atom is 0.229 e. The predicted molar refractivity (Wildman–Crippen MR) is 115 cm³/mol. The Bertz CT molecular complexity index is 998. The van der Waals surface area contributed by atoms with E-state index in [2.05, 4.69) is 36.9 Å². The number of aromatic nitrogens is 3. The van der Waals surface area contributed by atoms with Gasteiger partial charge in [-0.05, 0) is 44.8 Å². The van der Waals surface area contributed by atoms with Gasteiger partial charge in [-0.1, -0.05) is 12.1 Å². The first-order chi connectivity index (χ1) is 14.0. The first kappa shape index (κ1) is 19.8. The van der Waals surface area contributed by atoms with E-state index in [0.717, 1.165) is 30.1 Å². The third-order valence-electron chi connectivity index (χ3n) is 4.72. The van der Waals surface area contributed by atoms with Crippen molar-refractivity contribution in [3.05, 3.63) is 40.8 Å². The quantitative estimate of drug-likeness (QED) is 0.691. The number of phenols is 1. The average Bonchev–Trinajstić information content (AvgIpc) is 3.08. The lowest BCUT2D eigenvalue weighted by atomic mass is 10.2. The molecule has 1 N–H and O–H groups in total. The highest BCUT2D eigenvalue weighted by Gasteiger charge is 2.19. The Hall–Kier alpha value is -2.55. The van der Waals surface area contributed by atoms with Crippen molar-refractivity contribution in [2.24, 2.45) is 0 Å². The van der Waals surface area contributed by atoms with Gasteiger partial charge in [-0.3, -0.25) is 0 Å². The minimum atomic E-state index is 0.192. The summed E-state index contributed by atoms with van der Waals surface area (Å²) in [6.45, 7) is 5.83. The third kappa shape index (κ3) is 4.55. The topological polar surface area (TPSA) is 74.6 Å². The normalized spacial score (nSPS) is 14.6. The lowest BCUT2D eigenvalue weighted by Gasteiger charge is -2.27. The van der Waals surface area contributed by atoms with Crippen LogP contribution in [-0.4, -0.2) is 65.4 Å². The number of morpholine rings is 1. The zero-order chi connectivity index (χ0) is 20.4. The van der Waals surface area contributed by atoms with Crippen molar-refractivity contribution >= 4 is 17.3 Å². The van der Waals surface area contributed by atoms with Crippen LogP contribution in [0.4, 0.5) is 5.95 Å². The van der Waals surface area contributed by atoms with Gasteiger partial charge in [0, 0.05) is 30.1 Å². The number of benzene rings is 1. The smallest absolute Gasteiger partial charge is 0.229 e. The standard InChI is InChI=1S/C21H25N5O2S/c1-14-11-17(29-18(14)13-25(2)3)20-22-19(15-5-4-6-16(27)12-15)23-21(24-20)26-7-9-28-10-8-26/h4-6,11-12,27H,7-10,13H2,1-3H3. The molecule has 2 aromatic heterocycles. The molecular weight excluding hydrogens is 386 g/mol. The lowest BCUT2D eigenvalue weighted by Crippen LogP contribution is -2.37. The molecule has 8 heteroatoms. The molecule has 0 saturated carbocycles. The van der Waals surface area contributed by atoms with E-state index in [-0.39, 0.29) is 5.75 Å². The average molecular weight is 412 g/mol. The van der Waals surface area contributed by atoms with Gasteiger partial charge in [0.25, 0.3) is 0 Å². The second kappa shape index (κ2) is 8.44. The Kier molecular flexibility index (Phi) is 5.75. The number of phenolic OH excluding ortho intramolecular Hbond substituents is 1. The van der Waals surface area contributed by atoms with E-state index < -0.39 is 0 Å². The molecule has 152 valence electrons. The Morgan fingerprint density at radius 3 is 2.59 bits per heavy atom. The number of hydrogen-bond donors (Lipinski definition) is 1. The molecule has 4 rings (SSSR count). The number of thiophene rings is 1. The number of anilines is 1. The maximum atomic E-state index is 9.90. The fraction of sp³-hybridized carbons (Fsp3) is 0.381. The first-order valence-electron chi connectivity index (χ1n) is 9.62. The predicted octanol–water partition coefficient (Wildman–Crippen LogP) is 3.18.